The second-order valence-corrected chi connectivity index (χ2v) is 8.60. The highest BCUT2D eigenvalue weighted by Crippen LogP contribution is 2.22. The molecule has 0 bridgehead atoms. The monoisotopic (exact) mass is 420 g/mol. The van der Waals surface area contributed by atoms with Crippen molar-refractivity contribution >= 4 is 17.7 Å². The van der Waals surface area contributed by atoms with Gasteiger partial charge in [-0.1, -0.05) is 73.3 Å². The molecular formula is C24H28N4OS. The van der Waals surface area contributed by atoms with E-state index in [0.29, 0.717) is 12.3 Å². The van der Waals surface area contributed by atoms with Gasteiger partial charge in [0.2, 0.25) is 5.91 Å². The number of fused-ring (bicyclic) bond motifs is 1. The minimum absolute atomic E-state index is 0.173. The molecule has 0 saturated carbocycles. The molecule has 156 valence electrons. The highest BCUT2D eigenvalue weighted by atomic mass is 32.2. The predicted molar refractivity (Wildman–Crippen MR) is 120 cm³/mol. The normalized spacial score (nSPS) is 13.3. The second kappa shape index (κ2) is 9.94. The van der Waals surface area contributed by atoms with Gasteiger partial charge in [0, 0.05) is 26.1 Å². The second-order valence-electron chi connectivity index (χ2n) is 7.66. The van der Waals surface area contributed by atoms with Gasteiger partial charge in [0.25, 0.3) is 0 Å². The lowest BCUT2D eigenvalue weighted by Gasteiger charge is -2.28. The summed E-state index contributed by atoms with van der Waals surface area (Å²) in [6.45, 7) is 4.54. The van der Waals surface area contributed by atoms with E-state index in [4.69, 9.17) is 0 Å². The zero-order chi connectivity index (χ0) is 20.8. The number of aromatic nitrogens is 3. The maximum absolute atomic E-state index is 12.8. The summed E-state index contributed by atoms with van der Waals surface area (Å²) in [7, 11) is 0. The molecule has 2 aromatic carbocycles. The number of rotatable bonds is 8. The number of aryl methyl sites for hydroxylation is 2. The van der Waals surface area contributed by atoms with Crippen molar-refractivity contribution in [1.82, 2.24) is 19.7 Å². The van der Waals surface area contributed by atoms with Gasteiger partial charge >= 0.3 is 0 Å². The molecule has 0 aliphatic carbocycles. The molecule has 30 heavy (non-hydrogen) atoms. The summed E-state index contributed by atoms with van der Waals surface area (Å²) in [5.41, 5.74) is 3.93. The Hall–Kier alpha value is -2.60. The molecular weight excluding hydrogens is 392 g/mol. The lowest BCUT2D eigenvalue weighted by atomic mass is 10.00. The largest absolute Gasteiger partial charge is 0.337 e. The Kier molecular flexibility index (Phi) is 6.84. The van der Waals surface area contributed by atoms with E-state index in [0.717, 1.165) is 49.8 Å². The average molecular weight is 421 g/mol. The third-order valence-electron chi connectivity index (χ3n) is 5.53. The first kappa shape index (κ1) is 20.7. The van der Waals surface area contributed by atoms with Crippen molar-refractivity contribution in [3.8, 4) is 0 Å². The number of benzene rings is 2. The van der Waals surface area contributed by atoms with Crippen LogP contribution in [0.5, 0.6) is 0 Å². The highest BCUT2D eigenvalue weighted by Gasteiger charge is 2.21. The van der Waals surface area contributed by atoms with Crippen LogP contribution in [0.2, 0.25) is 0 Å². The molecule has 0 spiro atoms. The summed E-state index contributed by atoms with van der Waals surface area (Å²) in [4.78, 5) is 14.8. The minimum Gasteiger partial charge on any atom is -0.337 e. The van der Waals surface area contributed by atoms with Gasteiger partial charge in [-0.3, -0.25) is 4.79 Å². The summed E-state index contributed by atoms with van der Waals surface area (Å²) in [6.07, 6.45) is 3.75. The van der Waals surface area contributed by atoms with Gasteiger partial charge in [0.05, 0.1) is 5.75 Å². The first-order valence-electron chi connectivity index (χ1n) is 10.7. The number of hydrogen-bond donors (Lipinski definition) is 0. The molecule has 0 fully saturated rings. The van der Waals surface area contributed by atoms with Gasteiger partial charge in [-0.05, 0) is 36.0 Å². The van der Waals surface area contributed by atoms with Crippen molar-refractivity contribution in [2.24, 2.45) is 0 Å². The number of carbonyl (C=O) groups is 1. The number of hydrogen-bond acceptors (Lipinski definition) is 4. The van der Waals surface area contributed by atoms with Gasteiger partial charge in [-0.25, -0.2) is 0 Å². The molecule has 4 rings (SSSR count). The summed E-state index contributed by atoms with van der Waals surface area (Å²) in [6, 6.07) is 18.9. The molecule has 0 N–H and O–H groups in total. The van der Waals surface area contributed by atoms with Crippen LogP contribution in [0.1, 0.15) is 35.9 Å². The molecule has 1 aliphatic rings. The van der Waals surface area contributed by atoms with Crippen LogP contribution in [-0.4, -0.2) is 37.9 Å². The zero-order valence-corrected chi connectivity index (χ0v) is 18.3. The van der Waals surface area contributed by atoms with E-state index in [-0.39, 0.29) is 5.91 Å². The fourth-order valence-electron chi connectivity index (χ4n) is 3.89. The van der Waals surface area contributed by atoms with Crippen LogP contribution in [0.3, 0.4) is 0 Å². The third kappa shape index (κ3) is 4.93. The van der Waals surface area contributed by atoms with Crippen LogP contribution in [0.15, 0.2) is 59.8 Å². The average Bonchev–Trinajstić information content (AvgIpc) is 3.18. The first-order valence-corrected chi connectivity index (χ1v) is 11.7. The highest BCUT2D eigenvalue weighted by molar-refractivity contribution is 7.99. The van der Waals surface area contributed by atoms with Gasteiger partial charge in [0.1, 0.15) is 5.82 Å². The van der Waals surface area contributed by atoms with Crippen LogP contribution in [0, 0.1) is 0 Å². The maximum atomic E-state index is 12.8. The zero-order valence-electron chi connectivity index (χ0n) is 17.5. The fraction of sp³-hybridized carbons (Fsp3) is 0.375. The number of carbonyl (C=O) groups excluding carboxylic acids is 1. The molecule has 0 atom stereocenters. The molecule has 5 nitrogen and oxygen atoms in total. The van der Waals surface area contributed by atoms with Gasteiger partial charge in [0.15, 0.2) is 5.16 Å². The van der Waals surface area contributed by atoms with Gasteiger partial charge in [-0.2, -0.15) is 0 Å². The Balaban J connectivity index is 1.37. The summed E-state index contributed by atoms with van der Waals surface area (Å²) in [5, 5.41) is 9.69. The first-order chi connectivity index (χ1) is 14.7. The van der Waals surface area contributed by atoms with Crippen LogP contribution in [0.4, 0.5) is 0 Å². The molecule has 1 amide bonds. The number of thioether (sulfide) groups is 1. The quantitative estimate of drug-likeness (QED) is 0.514. The van der Waals surface area contributed by atoms with E-state index in [2.05, 4.69) is 64.2 Å². The summed E-state index contributed by atoms with van der Waals surface area (Å²) < 4.78 is 2.19. The van der Waals surface area contributed by atoms with Crippen LogP contribution < -0.4 is 0 Å². The molecule has 1 aromatic heterocycles. The summed E-state index contributed by atoms with van der Waals surface area (Å²) in [5.74, 6) is 1.58. The fourth-order valence-corrected chi connectivity index (χ4v) is 4.77. The van der Waals surface area contributed by atoms with E-state index in [1.807, 2.05) is 17.0 Å². The van der Waals surface area contributed by atoms with Crippen molar-refractivity contribution in [3.63, 3.8) is 0 Å². The van der Waals surface area contributed by atoms with E-state index >= 15 is 0 Å². The van der Waals surface area contributed by atoms with E-state index in [1.54, 1.807) is 0 Å². The topological polar surface area (TPSA) is 51.0 Å². The standard InChI is InChI=1S/C24H28N4OS/c1-2-15-28-22(13-12-19-8-4-3-5-9-19)25-26-24(28)30-18-23(29)27-16-14-20-10-6-7-11-21(20)17-27/h3-11H,2,12-18H2,1H3. The van der Waals surface area contributed by atoms with Crippen molar-refractivity contribution in [1.29, 1.82) is 0 Å². The predicted octanol–water partition coefficient (Wildman–Crippen LogP) is 4.15. The smallest absolute Gasteiger partial charge is 0.233 e. The maximum Gasteiger partial charge on any atom is 0.233 e. The molecule has 2 heterocycles. The van der Waals surface area contributed by atoms with Crippen molar-refractivity contribution in [2.45, 2.75) is 50.9 Å². The third-order valence-corrected chi connectivity index (χ3v) is 6.48. The van der Waals surface area contributed by atoms with Gasteiger partial charge < -0.3 is 9.47 Å². The molecule has 3 aromatic rings. The number of amides is 1. The Bertz CT molecular complexity index is 986. The molecule has 1 aliphatic heterocycles. The lowest BCUT2D eigenvalue weighted by Crippen LogP contribution is -2.37. The minimum atomic E-state index is 0.173. The Morgan fingerprint density at radius 1 is 1.00 bits per heavy atom. The van der Waals surface area contributed by atoms with Crippen LogP contribution in [0.25, 0.3) is 0 Å². The van der Waals surface area contributed by atoms with Crippen LogP contribution >= 0.6 is 11.8 Å². The van der Waals surface area contributed by atoms with E-state index < -0.39 is 0 Å². The van der Waals surface area contributed by atoms with E-state index in [1.165, 1.54) is 28.5 Å². The Labute approximate surface area is 182 Å². The van der Waals surface area contributed by atoms with Crippen LogP contribution in [-0.2, 0) is 37.1 Å². The Morgan fingerprint density at radius 2 is 1.77 bits per heavy atom. The molecule has 0 saturated heterocycles. The molecule has 0 unspecified atom stereocenters. The van der Waals surface area contributed by atoms with Gasteiger partial charge in [-0.15, -0.1) is 10.2 Å². The molecule has 6 heteroatoms. The lowest BCUT2D eigenvalue weighted by molar-refractivity contribution is -0.129. The summed E-state index contributed by atoms with van der Waals surface area (Å²) >= 11 is 1.51. The molecule has 0 radical (unpaired) electrons. The van der Waals surface area contributed by atoms with E-state index in [9.17, 15) is 4.79 Å². The van der Waals surface area contributed by atoms with Crippen molar-refractivity contribution in [3.05, 3.63) is 77.1 Å². The Morgan fingerprint density at radius 3 is 2.57 bits per heavy atom. The number of nitrogens with zero attached hydrogens (tertiary/aromatic N) is 4. The SMILES string of the molecule is CCCn1c(CCc2ccccc2)nnc1SCC(=O)N1CCc2ccccc2C1. The van der Waals surface area contributed by atoms with Crippen molar-refractivity contribution in [2.75, 3.05) is 12.3 Å². The van der Waals surface area contributed by atoms with Crippen molar-refractivity contribution < 1.29 is 4.79 Å².